The van der Waals surface area contributed by atoms with Crippen molar-refractivity contribution in [3.8, 4) is 5.75 Å². The van der Waals surface area contributed by atoms with E-state index in [4.69, 9.17) is 4.74 Å². The topological polar surface area (TPSA) is 45.1 Å². The van der Waals surface area contributed by atoms with Crippen LogP contribution in [-0.2, 0) is 4.79 Å². The maximum absolute atomic E-state index is 12.4. The van der Waals surface area contributed by atoms with Crippen molar-refractivity contribution in [2.75, 3.05) is 37.7 Å². The molecule has 0 spiro atoms. The van der Waals surface area contributed by atoms with Crippen LogP contribution in [0.4, 0.5) is 5.69 Å². The SMILES string of the molecule is CCOc1ccc(/C=C2\SC(N3CCN(c4cccc(C)c4)CC3)=NC2=O)cc1. The van der Waals surface area contributed by atoms with Crippen LogP contribution >= 0.6 is 11.8 Å². The molecule has 29 heavy (non-hydrogen) atoms. The molecule has 5 nitrogen and oxygen atoms in total. The highest BCUT2D eigenvalue weighted by molar-refractivity contribution is 8.18. The van der Waals surface area contributed by atoms with Gasteiger partial charge in [-0.1, -0.05) is 24.3 Å². The van der Waals surface area contributed by atoms with Gasteiger partial charge in [-0.3, -0.25) is 4.79 Å². The lowest BCUT2D eigenvalue weighted by Gasteiger charge is -2.36. The highest BCUT2D eigenvalue weighted by Gasteiger charge is 2.28. The van der Waals surface area contributed by atoms with E-state index in [1.807, 2.05) is 37.3 Å². The van der Waals surface area contributed by atoms with Gasteiger partial charge in [-0.15, -0.1) is 0 Å². The molecule has 2 heterocycles. The Morgan fingerprint density at radius 2 is 1.79 bits per heavy atom. The minimum absolute atomic E-state index is 0.153. The third-order valence-electron chi connectivity index (χ3n) is 5.02. The van der Waals surface area contributed by atoms with Crippen molar-refractivity contribution in [3.05, 3.63) is 64.6 Å². The number of aryl methyl sites for hydroxylation is 1. The molecule has 2 aromatic carbocycles. The summed E-state index contributed by atoms with van der Waals surface area (Å²) < 4.78 is 5.47. The minimum atomic E-state index is -0.153. The summed E-state index contributed by atoms with van der Waals surface area (Å²) in [4.78, 5) is 22.0. The van der Waals surface area contributed by atoms with Gasteiger partial charge in [-0.2, -0.15) is 4.99 Å². The number of aliphatic imine (C=N–C) groups is 1. The van der Waals surface area contributed by atoms with Gasteiger partial charge in [0.1, 0.15) is 5.75 Å². The van der Waals surface area contributed by atoms with Crippen molar-refractivity contribution in [2.45, 2.75) is 13.8 Å². The molecule has 0 aromatic heterocycles. The van der Waals surface area contributed by atoms with Crippen LogP contribution in [0.15, 0.2) is 58.4 Å². The van der Waals surface area contributed by atoms with Crippen molar-refractivity contribution in [2.24, 2.45) is 4.99 Å². The monoisotopic (exact) mass is 407 g/mol. The summed E-state index contributed by atoms with van der Waals surface area (Å²) in [6.45, 7) is 8.30. The number of amidine groups is 1. The van der Waals surface area contributed by atoms with Crippen molar-refractivity contribution < 1.29 is 9.53 Å². The average Bonchev–Trinajstić information content (AvgIpc) is 3.10. The summed E-state index contributed by atoms with van der Waals surface area (Å²) >= 11 is 1.47. The number of piperazine rings is 1. The van der Waals surface area contributed by atoms with Gasteiger partial charge in [-0.25, -0.2) is 0 Å². The van der Waals surface area contributed by atoms with Crippen molar-refractivity contribution in [1.29, 1.82) is 0 Å². The first-order valence-corrected chi connectivity index (χ1v) is 10.8. The number of hydrogen-bond donors (Lipinski definition) is 0. The molecule has 4 rings (SSSR count). The predicted octanol–water partition coefficient (Wildman–Crippen LogP) is 4.19. The molecule has 1 fully saturated rings. The second-order valence-corrected chi connectivity index (χ2v) is 8.13. The van der Waals surface area contributed by atoms with Crippen LogP contribution in [0.3, 0.4) is 0 Å². The molecule has 1 saturated heterocycles. The number of ether oxygens (including phenoxy) is 1. The molecule has 1 amide bonds. The van der Waals surface area contributed by atoms with Crippen LogP contribution in [-0.4, -0.2) is 48.8 Å². The molecule has 0 radical (unpaired) electrons. The number of nitrogens with zero attached hydrogens (tertiary/aromatic N) is 3. The standard InChI is InChI=1S/C23H25N3O2S/c1-3-28-20-9-7-18(8-10-20)16-21-22(27)24-23(29-21)26-13-11-25(12-14-26)19-6-4-5-17(2)15-19/h4-10,15-16H,3,11-14H2,1-2H3/b21-16-. The van der Waals surface area contributed by atoms with Gasteiger partial charge in [0.05, 0.1) is 11.5 Å². The van der Waals surface area contributed by atoms with Gasteiger partial charge in [0, 0.05) is 31.9 Å². The van der Waals surface area contributed by atoms with E-state index in [1.54, 1.807) is 0 Å². The zero-order chi connectivity index (χ0) is 20.2. The van der Waals surface area contributed by atoms with E-state index in [1.165, 1.54) is 23.0 Å². The quantitative estimate of drug-likeness (QED) is 0.712. The summed E-state index contributed by atoms with van der Waals surface area (Å²) in [6.07, 6.45) is 1.90. The Balaban J connectivity index is 1.37. The van der Waals surface area contributed by atoms with Gasteiger partial charge in [-0.05, 0) is 67.1 Å². The molecule has 2 aliphatic rings. The molecular weight excluding hydrogens is 382 g/mol. The maximum Gasteiger partial charge on any atom is 0.286 e. The summed E-state index contributed by atoms with van der Waals surface area (Å²) in [5.41, 5.74) is 3.51. The number of rotatable bonds is 4. The third-order valence-corrected chi connectivity index (χ3v) is 6.06. The number of carbonyl (C=O) groups is 1. The molecule has 0 bridgehead atoms. The smallest absolute Gasteiger partial charge is 0.286 e. The predicted molar refractivity (Wildman–Crippen MR) is 121 cm³/mol. The van der Waals surface area contributed by atoms with Gasteiger partial charge in [0.2, 0.25) is 0 Å². The lowest BCUT2D eigenvalue weighted by Crippen LogP contribution is -2.47. The average molecular weight is 408 g/mol. The Hall–Kier alpha value is -2.73. The Bertz CT molecular complexity index is 945. The van der Waals surface area contributed by atoms with Crippen LogP contribution in [0.5, 0.6) is 5.75 Å². The Morgan fingerprint density at radius 3 is 2.48 bits per heavy atom. The number of carbonyl (C=O) groups excluding carboxylic acids is 1. The molecular formula is C23H25N3O2S. The first-order chi connectivity index (χ1) is 14.1. The molecule has 2 aromatic rings. The Kier molecular flexibility index (Phi) is 5.90. The Morgan fingerprint density at radius 1 is 1.07 bits per heavy atom. The van der Waals surface area contributed by atoms with E-state index >= 15 is 0 Å². The molecule has 6 heteroatoms. The lowest BCUT2D eigenvalue weighted by molar-refractivity contribution is -0.113. The van der Waals surface area contributed by atoms with Crippen LogP contribution in [0.25, 0.3) is 6.08 Å². The summed E-state index contributed by atoms with van der Waals surface area (Å²) in [6, 6.07) is 16.4. The summed E-state index contributed by atoms with van der Waals surface area (Å²) in [7, 11) is 0. The van der Waals surface area contributed by atoms with E-state index in [9.17, 15) is 4.79 Å². The summed E-state index contributed by atoms with van der Waals surface area (Å²) in [5.74, 6) is 0.684. The lowest BCUT2D eigenvalue weighted by atomic mass is 10.2. The van der Waals surface area contributed by atoms with E-state index in [2.05, 4.69) is 46.0 Å². The number of anilines is 1. The van der Waals surface area contributed by atoms with Crippen LogP contribution in [0.1, 0.15) is 18.1 Å². The van der Waals surface area contributed by atoms with Gasteiger partial charge in [0.15, 0.2) is 5.17 Å². The van der Waals surface area contributed by atoms with E-state index in [-0.39, 0.29) is 5.91 Å². The fourth-order valence-corrected chi connectivity index (χ4v) is 4.46. The fourth-order valence-electron chi connectivity index (χ4n) is 3.49. The first-order valence-electron chi connectivity index (χ1n) is 9.94. The fraction of sp³-hybridized carbons (Fsp3) is 0.304. The molecule has 2 aliphatic heterocycles. The van der Waals surface area contributed by atoms with Crippen molar-refractivity contribution >= 4 is 34.6 Å². The molecule has 0 unspecified atom stereocenters. The molecule has 0 aliphatic carbocycles. The third kappa shape index (κ3) is 4.65. The van der Waals surface area contributed by atoms with E-state index in [0.717, 1.165) is 42.7 Å². The molecule has 0 N–H and O–H groups in total. The first kappa shape index (κ1) is 19.6. The second kappa shape index (κ2) is 8.74. The van der Waals surface area contributed by atoms with Crippen LogP contribution in [0.2, 0.25) is 0 Å². The number of thioether (sulfide) groups is 1. The summed E-state index contributed by atoms with van der Waals surface area (Å²) in [5, 5.41) is 0.816. The van der Waals surface area contributed by atoms with Gasteiger partial charge < -0.3 is 14.5 Å². The highest BCUT2D eigenvalue weighted by atomic mass is 32.2. The normalized spacial score (nSPS) is 18.3. The second-order valence-electron chi connectivity index (χ2n) is 7.13. The zero-order valence-electron chi connectivity index (χ0n) is 16.8. The number of amides is 1. The van der Waals surface area contributed by atoms with Crippen molar-refractivity contribution in [1.82, 2.24) is 4.90 Å². The van der Waals surface area contributed by atoms with E-state index < -0.39 is 0 Å². The molecule has 0 saturated carbocycles. The number of hydrogen-bond acceptors (Lipinski definition) is 5. The van der Waals surface area contributed by atoms with Gasteiger partial charge >= 0.3 is 0 Å². The van der Waals surface area contributed by atoms with E-state index in [0.29, 0.717) is 11.5 Å². The molecule has 0 atom stereocenters. The highest BCUT2D eigenvalue weighted by Crippen LogP contribution is 2.31. The van der Waals surface area contributed by atoms with Crippen LogP contribution in [0, 0.1) is 6.92 Å². The maximum atomic E-state index is 12.4. The van der Waals surface area contributed by atoms with Crippen molar-refractivity contribution in [3.63, 3.8) is 0 Å². The zero-order valence-corrected chi connectivity index (χ0v) is 17.6. The number of benzene rings is 2. The Labute approximate surface area is 176 Å². The minimum Gasteiger partial charge on any atom is -0.494 e. The molecule has 150 valence electrons. The van der Waals surface area contributed by atoms with Crippen LogP contribution < -0.4 is 9.64 Å². The van der Waals surface area contributed by atoms with Gasteiger partial charge in [0.25, 0.3) is 5.91 Å². The largest absolute Gasteiger partial charge is 0.494 e.